The number of benzene rings is 1. The first-order chi connectivity index (χ1) is 12.1. The number of nitrogens with one attached hydrogen (secondary N) is 1. The van der Waals surface area contributed by atoms with E-state index in [1.165, 1.54) is 16.8 Å². The summed E-state index contributed by atoms with van der Waals surface area (Å²) in [4.78, 5) is 7.62. The molecule has 0 radical (unpaired) electrons. The second kappa shape index (κ2) is 6.12. The Kier molecular flexibility index (Phi) is 4.22. The molecule has 2 heterocycles. The number of fused-ring (bicyclic) bond motifs is 1. The van der Waals surface area contributed by atoms with Crippen molar-refractivity contribution in [2.75, 3.05) is 11.8 Å². The van der Waals surface area contributed by atoms with Gasteiger partial charge in [-0.25, -0.2) is 9.50 Å². The number of rotatable bonds is 4. The van der Waals surface area contributed by atoms with Crippen LogP contribution in [0.4, 0.5) is 18.9 Å². The monoisotopic (exact) mass is 387 g/mol. The molecule has 1 N–H and O–H groups in total. The molecule has 0 aliphatic carbocycles. The Labute approximate surface area is 145 Å². The van der Waals surface area contributed by atoms with E-state index < -0.39 is 32.6 Å². The van der Waals surface area contributed by atoms with Crippen molar-refractivity contribution in [1.29, 1.82) is 0 Å². The van der Waals surface area contributed by atoms with E-state index in [-0.39, 0.29) is 11.5 Å². The Morgan fingerprint density at radius 1 is 1.23 bits per heavy atom. The molecule has 3 rings (SSSR count). The Hall–Kier alpha value is -2.89. The van der Waals surface area contributed by atoms with Gasteiger partial charge < -0.3 is 4.74 Å². The van der Waals surface area contributed by atoms with E-state index in [0.29, 0.717) is 5.69 Å². The third kappa shape index (κ3) is 3.14. The highest BCUT2D eigenvalue weighted by atomic mass is 32.2. The van der Waals surface area contributed by atoms with Gasteiger partial charge >= 0.3 is 6.18 Å². The molecule has 0 saturated heterocycles. The van der Waals surface area contributed by atoms with Gasteiger partial charge in [0, 0.05) is 11.9 Å². The Balaban J connectivity index is 2.11. The number of aromatic nitrogens is 4. The molecular formula is C14H12F3N5O3S. The van der Waals surface area contributed by atoms with Crippen molar-refractivity contribution < 1.29 is 26.3 Å². The SMILES string of the molecule is COc1cccc(C(F)(F)F)c1NS(=O)(=O)c1nc2nccc(C)n2n1. The number of methoxy groups -OCH3 is 1. The minimum Gasteiger partial charge on any atom is -0.495 e. The highest BCUT2D eigenvalue weighted by Gasteiger charge is 2.37. The largest absolute Gasteiger partial charge is 0.495 e. The molecule has 0 aliphatic heterocycles. The van der Waals surface area contributed by atoms with E-state index >= 15 is 0 Å². The van der Waals surface area contributed by atoms with Gasteiger partial charge in [0.1, 0.15) is 11.4 Å². The molecule has 0 atom stereocenters. The standard InChI is InChI=1S/C14H12F3N5O3S/c1-8-6-7-18-12-19-13(20-22(8)12)26(23,24)21-11-9(14(15,16)17)4-3-5-10(11)25-2/h3-7,21H,1-2H3. The van der Waals surface area contributed by atoms with Crippen molar-refractivity contribution in [2.24, 2.45) is 0 Å². The lowest BCUT2D eigenvalue weighted by Gasteiger charge is -2.16. The maximum absolute atomic E-state index is 13.2. The van der Waals surface area contributed by atoms with Crippen molar-refractivity contribution >= 4 is 21.5 Å². The van der Waals surface area contributed by atoms with Crippen LogP contribution in [0.5, 0.6) is 5.75 Å². The Morgan fingerprint density at radius 2 is 1.96 bits per heavy atom. The summed E-state index contributed by atoms with van der Waals surface area (Å²) >= 11 is 0. The van der Waals surface area contributed by atoms with E-state index in [1.807, 2.05) is 4.72 Å². The van der Waals surface area contributed by atoms with Gasteiger partial charge in [0.15, 0.2) is 0 Å². The van der Waals surface area contributed by atoms with E-state index in [4.69, 9.17) is 4.74 Å². The number of aryl methyl sites for hydroxylation is 1. The fraction of sp³-hybridized carbons (Fsp3) is 0.214. The summed E-state index contributed by atoms with van der Waals surface area (Å²) < 4.78 is 72.6. The third-order valence-electron chi connectivity index (χ3n) is 3.44. The average molecular weight is 387 g/mol. The van der Waals surface area contributed by atoms with E-state index in [0.717, 1.165) is 19.2 Å². The highest BCUT2D eigenvalue weighted by Crippen LogP contribution is 2.40. The fourth-order valence-electron chi connectivity index (χ4n) is 2.22. The molecule has 0 aliphatic rings. The van der Waals surface area contributed by atoms with Gasteiger partial charge in [0.25, 0.3) is 21.0 Å². The van der Waals surface area contributed by atoms with Gasteiger partial charge in [-0.2, -0.15) is 26.6 Å². The molecule has 2 aromatic heterocycles. The molecule has 0 unspecified atom stereocenters. The second-order valence-electron chi connectivity index (χ2n) is 5.18. The fourth-order valence-corrected chi connectivity index (χ4v) is 3.19. The molecule has 0 saturated carbocycles. The Bertz CT molecular complexity index is 1080. The van der Waals surface area contributed by atoms with Gasteiger partial charge in [0.05, 0.1) is 12.7 Å². The van der Waals surface area contributed by atoms with Crippen molar-refractivity contribution in [3.63, 3.8) is 0 Å². The van der Waals surface area contributed by atoms with Gasteiger partial charge in [-0.05, 0) is 25.1 Å². The van der Waals surface area contributed by atoms with E-state index in [2.05, 4.69) is 15.1 Å². The number of halogens is 3. The zero-order valence-corrected chi connectivity index (χ0v) is 14.3. The first-order valence-electron chi connectivity index (χ1n) is 7.09. The number of sulfonamides is 1. The van der Waals surface area contributed by atoms with Gasteiger partial charge in [-0.3, -0.25) is 4.72 Å². The van der Waals surface area contributed by atoms with Gasteiger partial charge in [-0.15, -0.1) is 5.10 Å². The predicted molar refractivity (Wildman–Crippen MR) is 84.3 cm³/mol. The number of anilines is 1. The molecule has 0 bridgehead atoms. The summed E-state index contributed by atoms with van der Waals surface area (Å²) in [7, 11) is -3.39. The van der Waals surface area contributed by atoms with Gasteiger partial charge in [-0.1, -0.05) is 6.07 Å². The molecule has 26 heavy (non-hydrogen) atoms. The third-order valence-corrected chi connectivity index (χ3v) is 4.57. The van der Waals surface area contributed by atoms with Crippen molar-refractivity contribution in [1.82, 2.24) is 19.6 Å². The lowest BCUT2D eigenvalue weighted by Crippen LogP contribution is -2.19. The number of hydrogen-bond acceptors (Lipinski definition) is 6. The lowest BCUT2D eigenvalue weighted by molar-refractivity contribution is -0.137. The van der Waals surface area contributed by atoms with Crippen LogP contribution in [0.1, 0.15) is 11.3 Å². The molecule has 138 valence electrons. The summed E-state index contributed by atoms with van der Waals surface area (Å²) in [5.74, 6) is -0.289. The van der Waals surface area contributed by atoms with Crippen LogP contribution in [-0.2, 0) is 16.2 Å². The van der Waals surface area contributed by atoms with Crippen molar-refractivity contribution in [2.45, 2.75) is 18.3 Å². The summed E-state index contributed by atoms with van der Waals surface area (Å²) in [6.45, 7) is 1.65. The normalized spacial score (nSPS) is 12.3. The van der Waals surface area contributed by atoms with Crippen LogP contribution in [0.15, 0.2) is 35.6 Å². The van der Waals surface area contributed by atoms with Crippen molar-refractivity contribution in [3.05, 3.63) is 41.7 Å². The quantitative estimate of drug-likeness (QED) is 0.737. The van der Waals surface area contributed by atoms with Crippen LogP contribution in [0.3, 0.4) is 0 Å². The number of hydrogen-bond donors (Lipinski definition) is 1. The van der Waals surface area contributed by atoms with E-state index in [1.54, 1.807) is 13.0 Å². The smallest absolute Gasteiger partial charge is 0.418 e. The minimum absolute atomic E-state index is 0.00134. The van der Waals surface area contributed by atoms with Crippen LogP contribution in [0.2, 0.25) is 0 Å². The molecule has 12 heteroatoms. The molecule has 3 aromatic rings. The van der Waals surface area contributed by atoms with Crippen LogP contribution in [0, 0.1) is 6.92 Å². The lowest BCUT2D eigenvalue weighted by atomic mass is 10.1. The maximum Gasteiger partial charge on any atom is 0.418 e. The number of ether oxygens (including phenoxy) is 1. The molecular weight excluding hydrogens is 375 g/mol. The molecule has 0 fully saturated rings. The summed E-state index contributed by atoms with van der Waals surface area (Å²) in [5, 5.41) is 3.09. The zero-order valence-electron chi connectivity index (χ0n) is 13.4. The number of nitrogens with zero attached hydrogens (tertiary/aromatic N) is 4. The Morgan fingerprint density at radius 3 is 2.58 bits per heavy atom. The molecule has 0 spiro atoms. The van der Waals surface area contributed by atoms with Crippen molar-refractivity contribution in [3.8, 4) is 5.75 Å². The van der Waals surface area contributed by atoms with Crippen LogP contribution < -0.4 is 9.46 Å². The van der Waals surface area contributed by atoms with Gasteiger partial charge in [0.2, 0.25) is 0 Å². The van der Waals surface area contributed by atoms with E-state index in [9.17, 15) is 21.6 Å². The van der Waals surface area contributed by atoms with Crippen LogP contribution in [0.25, 0.3) is 5.78 Å². The first kappa shape index (κ1) is 17.9. The first-order valence-corrected chi connectivity index (χ1v) is 8.57. The van der Waals surface area contributed by atoms with Crippen LogP contribution >= 0.6 is 0 Å². The van der Waals surface area contributed by atoms with Crippen LogP contribution in [-0.4, -0.2) is 35.1 Å². The predicted octanol–water partition coefficient (Wildman–Crippen LogP) is 2.26. The highest BCUT2D eigenvalue weighted by molar-refractivity contribution is 7.92. The second-order valence-corrected chi connectivity index (χ2v) is 6.75. The summed E-state index contributed by atoms with van der Waals surface area (Å²) in [6, 6.07) is 4.63. The molecule has 1 aromatic carbocycles. The summed E-state index contributed by atoms with van der Waals surface area (Å²) in [6.07, 6.45) is -3.39. The topological polar surface area (TPSA) is 98.5 Å². The molecule has 8 nitrogen and oxygen atoms in total. The number of para-hydroxylation sites is 1. The minimum atomic E-state index is -4.79. The molecule has 0 amide bonds. The average Bonchev–Trinajstić information content (AvgIpc) is 3.00. The number of alkyl halides is 3. The summed E-state index contributed by atoms with van der Waals surface area (Å²) in [5.41, 5.74) is -1.39. The maximum atomic E-state index is 13.2. The zero-order chi connectivity index (χ0) is 19.1.